The van der Waals surface area contributed by atoms with Crippen LogP contribution in [0.2, 0.25) is 0 Å². The molecule has 0 atom stereocenters. The Morgan fingerprint density at radius 3 is 2.46 bits per heavy atom. The van der Waals surface area contributed by atoms with E-state index in [1.807, 2.05) is 0 Å². The lowest BCUT2D eigenvalue weighted by atomic mass is 10.1. The molecule has 26 heavy (non-hydrogen) atoms. The lowest BCUT2D eigenvalue weighted by Crippen LogP contribution is -2.25. The SMILES string of the molecule is COc1cc(OC)c2c(=O)cc(-c3ccc4c(c3)OC(F)(F)O4)oc2c1. The molecule has 0 fully saturated rings. The molecule has 0 bridgehead atoms. The van der Waals surface area contributed by atoms with E-state index in [-0.39, 0.29) is 33.7 Å². The third-order valence-corrected chi connectivity index (χ3v) is 3.91. The van der Waals surface area contributed by atoms with E-state index in [2.05, 4.69) is 9.47 Å². The van der Waals surface area contributed by atoms with Gasteiger partial charge in [0.05, 0.1) is 14.2 Å². The van der Waals surface area contributed by atoms with Gasteiger partial charge in [-0.25, -0.2) is 0 Å². The van der Waals surface area contributed by atoms with Gasteiger partial charge in [-0.1, -0.05) is 0 Å². The smallest absolute Gasteiger partial charge is 0.496 e. The minimum absolute atomic E-state index is 0.0924. The van der Waals surface area contributed by atoms with Crippen molar-refractivity contribution in [1.29, 1.82) is 0 Å². The Kier molecular flexibility index (Phi) is 3.50. The number of ether oxygens (including phenoxy) is 4. The molecular weight excluding hydrogens is 350 g/mol. The van der Waals surface area contributed by atoms with E-state index in [9.17, 15) is 13.6 Å². The monoisotopic (exact) mass is 362 g/mol. The second-order valence-corrected chi connectivity index (χ2v) is 5.51. The van der Waals surface area contributed by atoms with Gasteiger partial charge in [0.25, 0.3) is 0 Å². The van der Waals surface area contributed by atoms with Gasteiger partial charge in [0.1, 0.15) is 28.2 Å². The summed E-state index contributed by atoms with van der Waals surface area (Å²) in [7, 11) is 2.90. The number of fused-ring (bicyclic) bond motifs is 2. The normalized spacial score (nSPS) is 14.5. The summed E-state index contributed by atoms with van der Waals surface area (Å²) in [5, 5.41) is 0.254. The zero-order valence-corrected chi connectivity index (χ0v) is 13.7. The number of benzene rings is 2. The molecule has 0 saturated carbocycles. The second kappa shape index (κ2) is 5.62. The zero-order valence-electron chi connectivity index (χ0n) is 13.7. The molecule has 4 rings (SSSR count). The highest BCUT2D eigenvalue weighted by Gasteiger charge is 2.43. The van der Waals surface area contributed by atoms with Gasteiger partial charge in [-0.3, -0.25) is 4.79 Å². The van der Waals surface area contributed by atoms with E-state index < -0.39 is 6.29 Å². The molecule has 0 saturated heterocycles. The number of rotatable bonds is 3. The maximum absolute atomic E-state index is 13.2. The van der Waals surface area contributed by atoms with Gasteiger partial charge in [-0.15, -0.1) is 8.78 Å². The fourth-order valence-corrected chi connectivity index (χ4v) is 2.75. The topological polar surface area (TPSA) is 67.1 Å². The number of halogens is 2. The van der Waals surface area contributed by atoms with Crippen LogP contribution >= 0.6 is 0 Å². The predicted molar refractivity (Wildman–Crippen MR) is 87.2 cm³/mol. The van der Waals surface area contributed by atoms with Gasteiger partial charge in [-0.05, 0) is 18.2 Å². The van der Waals surface area contributed by atoms with Crippen LogP contribution in [0.15, 0.2) is 45.6 Å². The summed E-state index contributed by atoms with van der Waals surface area (Å²) in [6, 6.07) is 8.50. The number of alkyl halides is 2. The standard InChI is InChI=1S/C18H12F2O6/c1-22-10-6-15(23-2)17-11(21)8-13(24-16(17)7-10)9-3-4-12-14(5-9)26-18(19,20)25-12/h3-8H,1-2H3. The van der Waals surface area contributed by atoms with Crippen LogP contribution in [0.3, 0.4) is 0 Å². The van der Waals surface area contributed by atoms with Crippen LogP contribution in [-0.2, 0) is 0 Å². The summed E-state index contributed by atoms with van der Waals surface area (Å²) in [6.07, 6.45) is -3.72. The summed E-state index contributed by atoms with van der Waals surface area (Å²) in [5.74, 6) is 0.702. The Bertz CT molecular complexity index is 1070. The van der Waals surface area contributed by atoms with Crippen molar-refractivity contribution in [2.75, 3.05) is 14.2 Å². The highest BCUT2D eigenvalue weighted by atomic mass is 19.3. The molecule has 0 radical (unpaired) electrons. The van der Waals surface area contributed by atoms with Gasteiger partial charge >= 0.3 is 6.29 Å². The fourth-order valence-electron chi connectivity index (χ4n) is 2.75. The average molecular weight is 362 g/mol. The highest BCUT2D eigenvalue weighted by Crippen LogP contribution is 2.43. The highest BCUT2D eigenvalue weighted by molar-refractivity contribution is 5.86. The van der Waals surface area contributed by atoms with Crippen molar-refractivity contribution < 1.29 is 32.1 Å². The first-order valence-corrected chi connectivity index (χ1v) is 7.50. The van der Waals surface area contributed by atoms with Gasteiger partial charge in [0.2, 0.25) is 0 Å². The first kappa shape index (κ1) is 16.2. The summed E-state index contributed by atoms with van der Waals surface area (Å²) in [4.78, 5) is 12.5. The third-order valence-electron chi connectivity index (χ3n) is 3.91. The van der Waals surface area contributed by atoms with Gasteiger partial charge in [0, 0.05) is 23.8 Å². The van der Waals surface area contributed by atoms with Crippen molar-refractivity contribution >= 4 is 11.0 Å². The van der Waals surface area contributed by atoms with E-state index >= 15 is 0 Å². The molecule has 0 unspecified atom stereocenters. The molecule has 134 valence electrons. The Morgan fingerprint density at radius 1 is 0.962 bits per heavy atom. The summed E-state index contributed by atoms with van der Waals surface area (Å²) in [5.41, 5.74) is 0.279. The first-order valence-electron chi connectivity index (χ1n) is 7.50. The second-order valence-electron chi connectivity index (χ2n) is 5.51. The van der Waals surface area contributed by atoms with Gasteiger partial charge in [-0.2, -0.15) is 0 Å². The molecule has 2 aromatic carbocycles. The Morgan fingerprint density at radius 2 is 1.73 bits per heavy atom. The van der Waals surface area contributed by atoms with E-state index in [0.717, 1.165) is 0 Å². The molecule has 0 aliphatic carbocycles. The van der Waals surface area contributed by atoms with Crippen molar-refractivity contribution in [3.63, 3.8) is 0 Å². The summed E-state index contributed by atoms with van der Waals surface area (Å²) in [6.45, 7) is 0. The van der Waals surface area contributed by atoms with Crippen LogP contribution in [0.1, 0.15) is 0 Å². The molecule has 2 heterocycles. The van der Waals surface area contributed by atoms with Crippen molar-refractivity contribution in [2.45, 2.75) is 6.29 Å². The Hall–Kier alpha value is -3.29. The molecular formula is C18H12F2O6. The molecule has 0 spiro atoms. The average Bonchev–Trinajstić information content (AvgIpc) is 2.93. The molecule has 1 aromatic heterocycles. The number of hydrogen-bond acceptors (Lipinski definition) is 6. The largest absolute Gasteiger partial charge is 0.586 e. The summed E-state index contributed by atoms with van der Waals surface area (Å²) >= 11 is 0. The van der Waals surface area contributed by atoms with Gasteiger partial charge in [0.15, 0.2) is 16.9 Å². The lowest BCUT2D eigenvalue weighted by Gasteiger charge is -2.09. The van der Waals surface area contributed by atoms with E-state index in [0.29, 0.717) is 17.1 Å². The molecule has 0 N–H and O–H groups in total. The molecule has 8 heteroatoms. The van der Waals surface area contributed by atoms with Crippen LogP contribution in [0.4, 0.5) is 8.78 Å². The van der Waals surface area contributed by atoms with E-state index in [4.69, 9.17) is 13.9 Å². The van der Waals surface area contributed by atoms with Crippen molar-refractivity contribution in [1.82, 2.24) is 0 Å². The quantitative estimate of drug-likeness (QED) is 0.706. The number of hydrogen-bond donors (Lipinski definition) is 0. The minimum Gasteiger partial charge on any atom is -0.496 e. The molecule has 1 aliphatic heterocycles. The van der Waals surface area contributed by atoms with Crippen molar-refractivity contribution in [3.8, 4) is 34.3 Å². The predicted octanol–water partition coefficient (Wildman–Crippen LogP) is 3.80. The van der Waals surface area contributed by atoms with Crippen LogP contribution < -0.4 is 24.4 Å². The Balaban J connectivity index is 1.87. The maximum Gasteiger partial charge on any atom is 0.586 e. The molecule has 1 aliphatic rings. The van der Waals surface area contributed by atoms with Crippen molar-refractivity contribution in [3.05, 3.63) is 46.6 Å². The molecule has 0 amide bonds. The minimum atomic E-state index is -3.72. The van der Waals surface area contributed by atoms with Crippen LogP contribution in [0.5, 0.6) is 23.0 Å². The lowest BCUT2D eigenvalue weighted by molar-refractivity contribution is -0.286. The van der Waals surface area contributed by atoms with E-state index in [1.54, 1.807) is 12.1 Å². The van der Waals surface area contributed by atoms with Crippen molar-refractivity contribution in [2.24, 2.45) is 0 Å². The maximum atomic E-state index is 13.2. The number of methoxy groups -OCH3 is 2. The van der Waals surface area contributed by atoms with Gasteiger partial charge < -0.3 is 23.4 Å². The first-order chi connectivity index (χ1) is 12.4. The molecule has 6 nitrogen and oxygen atoms in total. The molecule has 3 aromatic rings. The van der Waals surface area contributed by atoms with Crippen LogP contribution in [0, 0.1) is 0 Å². The third kappa shape index (κ3) is 2.59. The van der Waals surface area contributed by atoms with Crippen LogP contribution in [-0.4, -0.2) is 20.5 Å². The fraction of sp³-hybridized carbons (Fsp3) is 0.167. The zero-order chi connectivity index (χ0) is 18.5. The summed E-state index contributed by atoms with van der Waals surface area (Å²) < 4.78 is 51.3. The van der Waals surface area contributed by atoms with Crippen LogP contribution in [0.25, 0.3) is 22.3 Å². The Labute approximate surface area is 145 Å². The van der Waals surface area contributed by atoms with E-state index in [1.165, 1.54) is 38.5 Å².